The number of phosphoric ester groups is 1. The third-order valence-electron chi connectivity index (χ3n) is 15.0. The molecule has 0 spiro atoms. The summed E-state index contributed by atoms with van der Waals surface area (Å²) in [5.41, 5.74) is 0. The summed E-state index contributed by atoms with van der Waals surface area (Å²) in [6, 6.07) is 0. The molecule has 0 rings (SSSR count). The Bertz CT molecular complexity index is 1870. The average molecular weight is 1220 g/mol. The number of carbonyl (C=O) groups excluding carboxylic acids is 2. The number of allylic oxidation sites excluding steroid dienone is 20. The van der Waals surface area contributed by atoms with Crippen molar-refractivity contribution in [3.63, 3.8) is 0 Å². The van der Waals surface area contributed by atoms with Gasteiger partial charge < -0.3 is 18.9 Å². The second kappa shape index (κ2) is 65.8. The largest absolute Gasteiger partial charge is 0.472 e. The van der Waals surface area contributed by atoms with E-state index < -0.39 is 26.5 Å². The van der Waals surface area contributed by atoms with Crippen LogP contribution in [0.4, 0.5) is 0 Å². The predicted molar refractivity (Wildman–Crippen MR) is 371 cm³/mol. The van der Waals surface area contributed by atoms with Crippen LogP contribution < -0.4 is 0 Å². The van der Waals surface area contributed by atoms with Gasteiger partial charge in [0, 0.05) is 12.8 Å². The van der Waals surface area contributed by atoms with E-state index in [2.05, 4.69) is 135 Å². The second-order valence-corrected chi connectivity index (χ2v) is 26.0. The minimum atomic E-state index is -4.41. The molecule has 0 bridgehead atoms. The van der Waals surface area contributed by atoms with Crippen LogP contribution in [0.15, 0.2) is 122 Å². The lowest BCUT2D eigenvalue weighted by Gasteiger charge is -2.24. The molecule has 494 valence electrons. The van der Waals surface area contributed by atoms with Gasteiger partial charge in [0.05, 0.1) is 27.7 Å². The highest BCUT2D eigenvalue weighted by Gasteiger charge is 2.27. The molecule has 86 heavy (non-hydrogen) atoms. The summed E-state index contributed by atoms with van der Waals surface area (Å²) < 4.78 is 34.7. The Morgan fingerprint density at radius 3 is 1.01 bits per heavy atom. The average Bonchev–Trinajstić information content (AvgIpc) is 3.56. The first-order chi connectivity index (χ1) is 42.0. The van der Waals surface area contributed by atoms with Crippen LogP contribution in [-0.4, -0.2) is 74.9 Å². The lowest BCUT2D eigenvalue weighted by molar-refractivity contribution is -0.870. The fraction of sp³-hybridized carbons (Fsp3) is 0.711. The molecule has 1 N–H and O–H groups in total. The number of hydrogen-bond acceptors (Lipinski definition) is 7. The highest BCUT2D eigenvalue weighted by Crippen LogP contribution is 2.43. The van der Waals surface area contributed by atoms with Gasteiger partial charge >= 0.3 is 19.8 Å². The summed E-state index contributed by atoms with van der Waals surface area (Å²) in [6.07, 6.45) is 94.5. The van der Waals surface area contributed by atoms with Gasteiger partial charge in [0.1, 0.15) is 19.8 Å². The Morgan fingerprint density at radius 2 is 0.663 bits per heavy atom. The van der Waals surface area contributed by atoms with Crippen LogP contribution >= 0.6 is 7.82 Å². The summed E-state index contributed by atoms with van der Waals surface area (Å²) in [4.78, 5) is 35.9. The Hall–Kier alpha value is -3.59. The third-order valence-corrected chi connectivity index (χ3v) is 16.0. The molecule has 0 fully saturated rings. The Kier molecular flexibility index (Phi) is 63.1. The quantitative estimate of drug-likeness (QED) is 0.0211. The zero-order valence-corrected chi connectivity index (χ0v) is 57.2. The van der Waals surface area contributed by atoms with Crippen molar-refractivity contribution in [3.8, 4) is 0 Å². The zero-order chi connectivity index (χ0) is 62.6. The smallest absolute Gasteiger partial charge is 0.462 e. The summed E-state index contributed by atoms with van der Waals surface area (Å²) in [7, 11) is 1.45. The van der Waals surface area contributed by atoms with E-state index in [1.807, 2.05) is 21.1 Å². The van der Waals surface area contributed by atoms with Gasteiger partial charge in [0.25, 0.3) is 0 Å². The second-order valence-electron chi connectivity index (χ2n) is 24.5. The first kappa shape index (κ1) is 82.4. The number of phosphoric acid groups is 1. The van der Waals surface area contributed by atoms with Gasteiger partial charge in [-0.05, 0) is 109 Å². The van der Waals surface area contributed by atoms with Gasteiger partial charge in [-0.25, -0.2) is 4.57 Å². The fourth-order valence-electron chi connectivity index (χ4n) is 9.59. The van der Waals surface area contributed by atoms with Crippen molar-refractivity contribution in [3.05, 3.63) is 122 Å². The maximum absolute atomic E-state index is 12.9. The molecular formula is C76H133NO8P+. The maximum atomic E-state index is 12.9. The summed E-state index contributed by atoms with van der Waals surface area (Å²) >= 11 is 0. The van der Waals surface area contributed by atoms with Gasteiger partial charge in [-0.1, -0.05) is 296 Å². The van der Waals surface area contributed by atoms with Crippen LogP contribution in [-0.2, 0) is 32.7 Å². The zero-order valence-electron chi connectivity index (χ0n) is 56.3. The van der Waals surface area contributed by atoms with Crippen molar-refractivity contribution in [2.75, 3.05) is 47.5 Å². The minimum absolute atomic E-state index is 0.0196. The third kappa shape index (κ3) is 69.5. The molecule has 0 aliphatic heterocycles. The molecule has 9 nitrogen and oxygen atoms in total. The molecular weight excluding hydrogens is 1090 g/mol. The highest BCUT2D eigenvalue weighted by atomic mass is 31.2. The van der Waals surface area contributed by atoms with Crippen LogP contribution in [0.5, 0.6) is 0 Å². The van der Waals surface area contributed by atoms with Crippen molar-refractivity contribution >= 4 is 19.8 Å². The van der Waals surface area contributed by atoms with E-state index in [4.69, 9.17) is 18.5 Å². The number of carbonyl (C=O) groups is 2. The first-order valence-corrected chi connectivity index (χ1v) is 36.8. The number of nitrogens with zero attached hydrogens (tertiary/aromatic N) is 1. The fourth-order valence-corrected chi connectivity index (χ4v) is 10.3. The summed E-state index contributed by atoms with van der Waals surface area (Å²) in [5, 5.41) is 0. The number of ether oxygens (including phenoxy) is 2. The molecule has 0 aliphatic carbocycles. The van der Waals surface area contributed by atoms with E-state index in [1.54, 1.807) is 0 Å². The molecule has 2 unspecified atom stereocenters. The highest BCUT2D eigenvalue weighted by molar-refractivity contribution is 7.47. The van der Waals surface area contributed by atoms with E-state index in [0.717, 1.165) is 96.3 Å². The van der Waals surface area contributed by atoms with Gasteiger partial charge in [-0.2, -0.15) is 0 Å². The van der Waals surface area contributed by atoms with Crippen LogP contribution in [0.3, 0.4) is 0 Å². The molecule has 0 amide bonds. The molecule has 0 saturated carbocycles. The first-order valence-electron chi connectivity index (χ1n) is 35.3. The lowest BCUT2D eigenvalue weighted by atomic mass is 10.0. The number of rotatable bonds is 64. The summed E-state index contributed by atoms with van der Waals surface area (Å²) in [6.45, 7) is 4.30. The number of hydrogen-bond donors (Lipinski definition) is 1. The molecule has 2 atom stereocenters. The van der Waals surface area contributed by atoms with Crippen LogP contribution in [0, 0.1) is 0 Å². The Balaban J connectivity index is 4.14. The molecule has 0 saturated heterocycles. The molecule has 0 aromatic rings. The number of likely N-dealkylation sites (N-methyl/N-ethyl adjacent to an activating group) is 1. The number of unbranched alkanes of at least 4 members (excludes halogenated alkanes) is 30. The minimum Gasteiger partial charge on any atom is -0.462 e. The van der Waals surface area contributed by atoms with Crippen molar-refractivity contribution in [2.45, 2.75) is 302 Å². The Labute approximate surface area is 530 Å². The van der Waals surface area contributed by atoms with Crippen molar-refractivity contribution in [1.82, 2.24) is 0 Å². The van der Waals surface area contributed by atoms with Gasteiger partial charge in [-0.15, -0.1) is 0 Å². The molecule has 0 heterocycles. The van der Waals surface area contributed by atoms with Gasteiger partial charge in [0.2, 0.25) is 0 Å². The topological polar surface area (TPSA) is 108 Å². The predicted octanol–water partition coefficient (Wildman–Crippen LogP) is 23.0. The number of esters is 2. The van der Waals surface area contributed by atoms with Crippen LogP contribution in [0.2, 0.25) is 0 Å². The van der Waals surface area contributed by atoms with Gasteiger partial charge in [-0.3, -0.25) is 18.6 Å². The van der Waals surface area contributed by atoms with E-state index in [1.165, 1.54) is 167 Å². The van der Waals surface area contributed by atoms with E-state index in [9.17, 15) is 19.0 Å². The number of quaternary nitrogens is 1. The van der Waals surface area contributed by atoms with Crippen molar-refractivity contribution < 1.29 is 42.1 Å². The lowest BCUT2D eigenvalue weighted by Crippen LogP contribution is -2.37. The molecule has 0 radical (unpaired) electrons. The van der Waals surface area contributed by atoms with Crippen LogP contribution in [0.1, 0.15) is 296 Å². The molecule has 10 heteroatoms. The SMILES string of the molecule is CC/C=C\C/C=C\C/C=C\C/C=C\C/C=C\C/C=C\C/C=C\C/C=C\C/C=C\CCCCCC(=O)OC(COC(=O)CCCCCCCCCCCCCCCCCCCCC/C=C\CCCCCCCCCC)COP(=O)(O)OCC[N+](C)(C)C. The molecule has 0 aromatic heterocycles. The molecule has 0 aromatic carbocycles. The van der Waals surface area contributed by atoms with Crippen molar-refractivity contribution in [1.29, 1.82) is 0 Å². The van der Waals surface area contributed by atoms with Crippen molar-refractivity contribution in [2.24, 2.45) is 0 Å². The molecule has 0 aliphatic rings. The van der Waals surface area contributed by atoms with E-state index >= 15 is 0 Å². The maximum Gasteiger partial charge on any atom is 0.472 e. The standard InChI is InChI=1S/C76H132NO8P/c1-6-8-10-12-14-16-18-20-22-24-26-28-30-32-34-36-38-40-42-44-46-48-50-52-54-56-58-60-62-64-66-68-75(78)82-72-74(73-84-86(80,81)83-71-70-77(3,4)5)85-76(79)69-67-65-63-61-59-57-55-53-51-49-47-45-43-41-39-37-35-33-31-29-27-25-23-21-19-17-15-13-11-9-7-2/h9,11,15,17,21,23-24,26-27,29,33,35,39,41,45,47,51,53,57,59,74H,6-8,10,12-14,16,18-20,22,25,28,30-32,34,36-38,40,42-44,46,48-50,52,54-56,58,60-73H2,1-5H3/p+1/b11-9-,17-15-,23-21-,26-24-,29-27-,35-33-,41-39-,47-45-,53-51-,59-57-. The van der Waals surface area contributed by atoms with Crippen LogP contribution in [0.25, 0.3) is 0 Å². The summed E-state index contributed by atoms with van der Waals surface area (Å²) in [5.74, 6) is -0.834. The van der Waals surface area contributed by atoms with E-state index in [-0.39, 0.29) is 32.0 Å². The van der Waals surface area contributed by atoms with Gasteiger partial charge in [0.15, 0.2) is 6.10 Å². The monoisotopic (exact) mass is 1220 g/mol. The Morgan fingerprint density at radius 1 is 0.372 bits per heavy atom. The van der Waals surface area contributed by atoms with E-state index in [0.29, 0.717) is 17.4 Å². The normalized spacial score (nSPS) is 13.9.